The normalized spacial score (nSPS) is 12.8. The monoisotopic (exact) mass is 485 g/mol. The van der Waals surface area contributed by atoms with Gasteiger partial charge in [0.1, 0.15) is 0 Å². The summed E-state index contributed by atoms with van der Waals surface area (Å²) in [7, 11) is 1.77. The van der Waals surface area contributed by atoms with E-state index in [9.17, 15) is 4.79 Å². The number of hydrogen-bond acceptors (Lipinski definition) is 3. The van der Waals surface area contributed by atoms with Gasteiger partial charge in [-0.15, -0.1) is 0 Å². The predicted octanol–water partition coefficient (Wildman–Crippen LogP) is 6.64. The SMILES string of the molecule is CCC(C)c1c(NC(=O)N(C)C(C)(C)C)noc1-c1cc(Br)cc(Br)c1. The molecule has 0 aliphatic carbocycles. The highest BCUT2D eigenvalue weighted by Gasteiger charge is 2.27. The first-order chi connectivity index (χ1) is 12.0. The molecule has 0 aliphatic heterocycles. The largest absolute Gasteiger partial charge is 0.354 e. The van der Waals surface area contributed by atoms with Crippen molar-refractivity contribution in [3.63, 3.8) is 0 Å². The highest BCUT2D eigenvalue weighted by Crippen LogP contribution is 2.38. The van der Waals surface area contributed by atoms with Gasteiger partial charge in [0, 0.05) is 32.7 Å². The van der Waals surface area contributed by atoms with E-state index in [2.05, 4.69) is 56.2 Å². The number of carbonyl (C=O) groups excluding carboxylic acids is 1. The predicted molar refractivity (Wildman–Crippen MR) is 113 cm³/mol. The zero-order chi connectivity index (χ0) is 19.6. The minimum Gasteiger partial charge on any atom is -0.354 e. The minimum atomic E-state index is -0.289. The van der Waals surface area contributed by atoms with E-state index in [1.165, 1.54) is 0 Å². The van der Waals surface area contributed by atoms with Crippen molar-refractivity contribution < 1.29 is 9.32 Å². The van der Waals surface area contributed by atoms with Crippen LogP contribution in [0.3, 0.4) is 0 Å². The molecular weight excluding hydrogens is 462 g/mol. The van der Waals surface area contributed by atoms with E-state index in [0.717, 1.165) is 26.5 Å². The summed E-state index contributed by atoms with van der Waals surface area (Å²) in [5, 5.41) is 7.07. The molecule has 1 N–H and O–H groups in total. The van der Waals surface area contributed by atoms with Crippen LogP contribution < -0.4 is 5.32 Å². The van der Waals surface area contributed by atoms with Gasteiger partial charge in [-0.3, -0.25) is 5.32 Å². The van der Waals surface area contributed by atoms with Gasteiger partial charge in [-0.05, 0) is 51.3 Å². The molecule has 0 spiro atoms. The third-order valence-corrected chi connectivity index (χ3v) is 5.41. The van der Waals surface area contributed by atoms with Crippen molar-refractivity contribution in [1.29, 1.82) is 0 Å². The Bertz CT molecular complexity index is 776. The van der Waals surface area contributed by atoms with Crippen LogP contribution in [0.5, 0.6) is 0 Å². The number of rotatable bonds is 4. The van der Waals surface area contributed by atoms with Crippen molar-refractivity contribution in [1.82, 2.24) is 10.1 Å². The molecule has 1 aromatic heterocycles. The lowest BCUT2D eigenvalue weighted by atomic mass is 9.95. The number of anilines is 1. The summed E-state index contributed by atoms with van der Waals surface area (Å²) in [6.07, 6.45) is 0.904. The van der Waals surface area contributed by atoms with Crippen LogP contribution in [-0.2, 0) is 0 Å². The van der Waals surface area contributed by atoms with Crippen molar-refractivity contribution in [2.24, 2.45) is 0 Å². The molecular formula is C19H25Br2N3O2. The molecule has 2 rings (SSSR count). The summed E-state index contributed by atoms with van der Waals surface area (Å²) in [6, 6.07) is 5.70. The Labute approximate surface area is 171 Å². The average molecular weight is 487 g/mol. The number of benzene rings is 1. The second kappa shape index (κ2) is 8.13. The van der Waals surface area contributed by atoms with Crippen molar-refractivity contribution in [2.45, 2.75) is 52.5 Å². The fraction of sp³-hybridized carbons (Fsp3) is 0.474. The maximum atomic E-state index is 12.6. The van der Waals surface area contributed by atoms with Gasteiger partial charge in [0.05, 0.1) is 0 Å². The summed E-state index contributed by atoms with van der Waals surface area (Å²) in [5.74, 6) is 1.34. The fourth-order valence-electron chi connectivity index (χ4n) is 2.43. The van der Waals surface area contributed by atoms with Gasteiger partial charge in [-0.2, -0.15) is 0 Å². The lowest BCUT2D eigenvalue weighted by molar-refractivity contribution is 0.178. The van der Waals surface area contributed by atoms with E-state index in [1.807, 2.05) is 39.0 Å². The number of nitrogens with zero attached hydrogens (tertiary/aromatic N) is 2. The number of aromatic nitrogens is 1. The molecule has 1 atom stereocenters. The highest BCUT2D eigenvalue weighted by atomic mass is 79.9. The van der Waals surface area contributed by atoms with Crippen LogP contribution >= 0.6 is 31.9 Å². The van der Waals surface area contributed by atoms with Gasteiger partial charge in [0.25, 0.3) is 0 Å². The molecule has 0 saturated carbocycles. The van der Waals surface area contributed by atoms with E-state index in [0.29, 0.717) is 11.6 Å². The molecule has 0 aliphatic rings. The summed E-state index contributed by atoms with van der Waals surface area (Å²) in [6.45, 7) is 10.2. The maximum absolute atomic E-state index is 12.6. The topological polar surface area (TPSA) is 58.4 Å². The molecule has 1 unspecified atom stereocenters. The second-order valence-electron chi connectivity index (χ2n) is 7.40. The van der Waals surface area contributed by atoms with Crippen molar-refractivity contribution in [2.75, 3.05) is 12.4 Å². The zero-order valence-electron chi connectivity index (χ0n) is 16.0. The van der Waals surface area contributed by atoms with E-state index in [-0.39, 0.29) is 17.5 Å². The highest BCUT2D eigenvalue weighted by molar-refractivity contribution is 9.11. The van der Waals surface area contributed by atoms with Crippen molar-refractivity contribution in [3.8, 4) is 11.3 Å². The van der Waals surface area contributed by atoms with E-state index >= 15 is 0 Å². The fourth-order valence-corrected chi connectivity index (χ4v) is 3.73. The van der Waals surface area contributed by atoms with Gasteiger partial charge in [-0.1, -0.05) is 50.9 Å². The Morgan fingerprint density at radius 2 is 1.85 bits per heavy atom. The molecule has 5 nitrogen and oxygen atoms in total. The van der Waals surface area contributed by atoms with Gasteiger partial charge in [-0.25, -0.2) is 4.79 Å². The molecule has 2 amide bonds. The molecule has 26 heavy (non-hydrogen) atoms. The molecule has 1 aromatic carbocycles. The Hall–Kier alpha value is -1.34. The van der Waals surface area contributed by atoms with Gasteiger partial charge in [0.15, 0.2) is 11.6 Å². The zero-order valence-corrected chi connectivity index (χ0v) is 19.2. The number of halogens is 2. The third-order valence-electron chi connectivity index (χ3n) is 4.49. The molecule has 0 saturated heterocycles. The first-order valence-electron chi connectivity index (χ1n) is 8.55. The molecule has 7 heteroatoms. The number of carbonyl (C=O) groups is 1. The Morgan fingerprint density at radius 1 is 1.27 bits per heavy atom. The van der Waals surface area contributed by atoms with Crippen LogP contribution in [0.2, 0.25) is 0 Å². The van der Waals surface area contributed by atoms with Crippen LogP contribution in [0.4, 0.5) is 10.6 Å². The van der Waals surface area contributed by atoms with Crippen LogP contribution in [0.1, 0.15) is 52.5 Å². The Morgan fingerprint density at radius 3 is 2.35 bits per heavy atom. The maximum Gasteiger partial charge on any atom is 0.323 e. The van der Waals surface area contributed by atoms with Gasteiger partial charge < -0.3 is 9.42 Å². The molecule has 0 bridgehead atoms. The Kier molecular flexibility index (Phi) is 6.55. The quantitative estimate of drug-likeness (QED) is 0.526. The summed E-state index contributed by atoms with van der Waals surface area (Å²) >= 11 is 7.02. The van der Waals surface area contributed by atoms with Crippen LogP contribution in [0, 0.1) is 0 Å². The summed E-state index contributed by atoms with van der Waals surface area (Å²) in [5.41, 5.74) is 1.52. The smallest absolute Gasteiger partial charge is 0.323 e. The lowest BCUT2D eigenvalue weighted by Gasteiger charge is -2.31. The molecule has 142 valence electrons. The standard InChI is InChI=1S/C19H25Br2N3O2/c1-7-11(2)15-16(12-8-13(20)10-14(21)9-12)26-23-17(15)22-18(25)24(6)19(3,4)5/h8-11H,7H2,1-6H3,(H,22,23,25). The minimum absolute atomic E-state index is 0.184. The summed E-state index contributed by atoms with van der Waals surface area (Å²) in [4.78, 5) is 14.2. The van der Waals surface area contributed by atoms with Crippen molar-refractivity contribution >= 4 is 43.7 Å². The first-order valence-corrected chi connectivity index (χ1v) is 10.1. The molecule has 1 heterocycles. The van der Waals surface area contributed by atoms with E-state index < -0.39 is 0 Å². The first kappa shape index (κ1) is 21.0. The van der Waals surface area contributed by atoms with Crippen molar-refractivity contribution in [3.05, 3.63) is 32.7 Å². The molecule has 2 aromatic rings. The molecule has 0 fully saturated rings. The van der Waals surface area contributed by atoms with Gasteiger partial charge >= 0.3 is 6.03 Å². The van der Waals surface area contributed by atoms with E-state index in [4.69, 9.17) is 4.52 Å². The van der Waals surface area contributed by atoms with Gasteiger partial charge in [0.2, 0.25) is 0 Å². The number of amides is 2. The van der Waals surface area contributed by atoms with E-state index in [1.54, 1.807) is 11.9 Å². The summed E-state index contributed by atoms with van der Waals surface area (Å²) < 4.78 is 7.53. The Balaban J connectivity index is 2.46. The van der Waals surface area contributed by atoms with Crippen LogP contribution in [0.15, 0.2) is 31.7 Å². The second-order valence-corrected chi connectivity index (χ2v) is 9.23. The average Bonchev–Trinajstić information content (AvgIpc) is 2.95. The number of hydrogen-bond donors (Lipinski definition) is 1. The van der Waals surface area contributed by atoms with Crippen LogP contribution in [-0.4, -0.2) is 28.7 Å². The van der Waals surface area contributed by atoms with Crippen LogP contribution in [0.25, 0.3) is 11.3 Å². The third kappa shape index (κ3) is 4.68. The number of nitrogens with one attached hydrogen (secondary N) is 1. The number of urea groups is 1. The lowest BCUT2D eigenvalue weighted by Crippen LogP contribution is -2.45. The molecule has 0 radical (unpaired) electrons.